The molecule has 0 aliphatic heterocycles. The Kier molecular flexibility index (Phi) is 4.30. The van der Waals surface area contributed by atoms with Crippen molar-refractivity contribution in [2.24, 2.45) is 0 Å². The largest absolute Gasteiger partial charge is 0.508 e. The second kappa shape index (κ2) is 5.97. The minimum absolute atomic E-state index is 0.0627. The summed E-state index contributed by atoms with van der Waals surface area (Å²) in [7, 11) is 0. The monoisotopic (exact) mass is 290 g/mol. The Morgan fingerprint density at radius 2 is 1.85 bits per heavy atom. The molecule has 2 rings (SSSR count). The van der Waals surface area contributed by atoms with Crippen LogP contribution >= 0.6 is 11.6 Å². The fraction of sp³-hybridized carbons (Fsp3) is 0.188. The highest BCUT2D eigenvalue weighted by atomic mass is 35.5. The van der Waals surface area contributed by atoms with Crippen molar-refractivity contribution in [3.05, 3.63) is 64.2 Å². The van der Waals surface area contributed by atoms with E-state index in [4.69, 9.17) is 11.6 Å². The smallest absolute Gasteiger partial charge is 0.311 e. The van der Waals surface area contributed by atoms with E-state index >= 15 is 0 Å². The molecule has 0 aliphatic rings. The number of hydrogen-bond donors (Lipinski definition) is 2. The summed E-state index contributed by atoms with van der Waals surface area (Å²) in [5.74, 6) is -1.57. The summed E-state index contributed by atoms with van der Waals surface area (Å²) >= 11 is 5.89. The van der Waals surface area contributed by atoms with Gasteiger partial charge in [0.25, 0.3) is 0 Å². The lowest BCUT2D eigenvalue weighted by atomic mass is 9.91. The Hall–Kier alpha value is -2.00. The molecule has 0 spiro atoms. The Labute approximate surface area is 122 Å². The predicted octanol–water partition coefficient (Wildman–Crippen LogP) is 3.76. The molecule has 0 heterocycles. The molecule has 0 bridgehead atoms. The van der Waals surface area contributed by atoms with Crippen LogP contribution in [0.2, 0.25) is 5.02 Å². The van der Waals surface area contributed by atoms with Crippen LogP contribution in [0.4, 0.5) is 0 Å². The molecule has 1 atom stereocenters. The number of carboxylic acids is 1. The zero-order valence-electron chi connectivity index (χ0n) is 11.0. The molecule has 3 nitrogen and oxygen atoms in total. The van der Waals surface area contributed by atoms with Crippen molar-refractivity contribution in [2.75, 3.05) is 0 Å². The van der Waals surface area contributed by atoms with E-state index in [9.17, 15) is 15.0 Å². The van der Waals surface area contributed by atoms with Gasteiger partial charge in [-0.05, 0) is 42.7 Å². The van der Waals surface area contributed by atoms with Gasteiger partial charge in [0.15, 0.2) is 0 Å². The minimum atomic E-state index is -0.923. The van der Waals surface area contributed by atoms with Crippen molar-refractivity contribution in [3.63, 3.8) is 0 Å². The zero-order chi connectivity index (χ0) is 14.7. The number of hydrogen-bond acceptors (Lipinski definition) is 2. The third-order valence-electron chi connectivity index (χ3n) is 3.24. The normalized spacial score (nSPS) is 12.1. The first kappa shape index (κ1) is 14.4. The van der Waals surface area contributed by atoms with Crippen LogP contribution in [0.25, 0.3) is 0 Å². The molecule has 2 aromatic rings. The van der Waals surface area contributed by atoms with E-state index in [0.29, 0.717) is 16.1 Å². The van der Waals surface area contributed by atoms with E-state index in [2.05, 4.69) is 0 Å². The van der Waals surface area contributed by atoms with Crippen molar-refractivity contribution in [1.29, 1.82) is 0 Å². The number of aromatic hydroxyl groups is 1. The number of phenols is 1. The van der Waals surface area contributed by atoms with Crippen molar-refractivity contribution in [2.45, 2.75) is 19.3 Å². The number of benzene rings is 2. The Morgan fingerprint density at radius 1 is 1.20 bits per heavy atom. The lowest BCUT2D eigenvalue weighted by Gasteiger charge is -2.14. The van der Waals surface area contributed by atoms with Gasteiger partial charge in [-0.25, -0.2) is 0 Å². The molecule has 0 fully saturated rings. The second-order valence-electron chi connectivity index (χ2n) is 4.78. The van der Waals surface area contributed by atoms with Gasteiger partial charge < -0.3 is 10.2 Å². The molecule has 2 aromatic carbocycles. The summed E-state index contributed by atoms with van der Waals surface area (Å²) in [6.07, 6.45) is 0.199. The maximum absolute atomic E-state index is 11.5. The molecule has 104 valence electrons. The van der Waals surface area contributed by atoms with Crippen LogP contribution in [-0.4, -0.2) is 16.2 Å². The summed E-state index contributed by atoms with van der Waals surface area (Å²) in [4.78, 5) is 11.5. The van der Waals surface area contributed by atoms with E-state index in [1.165, 1.54) is 6.07 Å². The summed E-state index contributed by atoms with van der Waals surface area (Å²) < 4.78 is 0. The highest BCUT2D eigenvalue weighted by molar-refractivity contribution is 6.30. The summed E-state index contributed by atoms with van der Waals surface area (Å²) in [5, 5.41) is 19.7. The van der Waals surface area contributed by atoms with Crippen LogP contribution in [0.5, 0.6) is 5.75 Å². The summed E-state index contributed by atoms with van der Waals surface area (Å²) in [6.45, 7) is 1.95. The first-order valence-electron chi connectivity index (χ1n) is 6.24. The fourth-order valence-electron chi connectivity index (χ4n) is 2.08. The Morgan fingerprint density at radius 3 is 2.45 bits per heavy atom. The van der Waals surface area contributed by atoms with E-state index in [1.54, 1.807) is 24.3 Å². The fourth-order valence-corrected chi connectivity index (χ4v) is 2.28. The number of halogens is 1. The number of aliphatic carboxylic acids is 1. The van der Waals surface area contributed by atoms with Crippen LogP contribution in [0.15, 0.2) is 42.5 Å². The summed E-state index contributed by atoms with van der Waals surface area (Å²) in [6, 6.07) is 12.0. The van der Waals surface area contributed by atoms with Gasteiger partial charge in [-0.15, -0.1) is 0 Å². The van der Waals surface area contributed by atoms with E-state index in [1.807, 2.05) is 19.1 Å². The lowest BCUT2D eigenvalue weighted by molar-refractivity contribution is -0.138. The Bertz CT molecular complexity index is 620. The second-order valence-corrected chi connectivity index (χ2v) is 5.22. The van der Waals surface area contributed by atoms with Crippen LogP contribution in [-0.2, 0) is 11.2 Å². The third kappa shape index (κ3) is 3.31. The van der Waals surface area contributed by atoms with Gasteiger partial charge in [0.05, 0.1) is 5.92 Å². The number of phenolic OH excluding ortho intramolecular Hbond substituents is 1. The number of rotatable bonds is 4. The van der Waals surface area contributed by atoms with E-state index in [0.717, 1.165) is 5.56 Å². The Balaban J connectivity index is 2.32. The van der Waals surface area contributed by atoms with Crippen LogP contribution < -0.4 is 0 Å². The van der Waals surface area contributed by atoms with Crippen LogP contribution in [0, 0.1) is 6.92 Å². The number of aryl methyl sites for hydroxylation is 1. The average molecular weight is 291 g/mol. The topological polar surface area (TPSA) is 57.5 Å². The van der Waals surface area contributed by atoms with E-state index < -0.39 is 11.9 Å². The van der Waals surface area contributed by atoms with Gasteiger partial charge in [0.1, 0.15) is 5.75 Å². The molecular weight excluding hydrogens is 276 g/mol. The van der Waals surface area contributed by atoms with Gasteiger partial charge in [0.2, 0.25) is 0 Å². The first-order valence-corrected chi connectivity index (χ1v) is 6.62. The molecule has 0 amide bonds. The number of carbonyl (C=O) groups is 1. The zero-order valence-corrected chi connectivity index (χ0v) is 11.8. The highest BCUT2D eigenvalue weighted by Gasteiger charge is 2.21. The molecule has 0 radical (unpaired) electrons. The first-order chi connectivity index (χ1) is 9.47. The summed E-state index contributed by atoms with van der Waals surface area (Å²) in [5.41, 5.74) is 2.32. The molecule has 2 N–H and O–H groups in total. The third-order valence-corrected chi connectivity index (χ3v) is 3.48. The van der Waals surface area contributed by atoms with Gasteiger partial charge in [-0.2, -0.15) is 0 Å². The molecular formula is C16H15ClO3. The van der Waals surface area contributed by atoms with Crippen molar-refractivity contribution in [1.82, 2.24) is 0 Å². The van der Waals surface area contributed by atoms with Crippen molar-refractivity contribution in [3.8, 4) is 5.75 Å². The lowest BCUT2D eigenvalue weighted by Crippen LogP contribution is -2.14. The SMILES string of the molecule is Cc1ccc(C(Cc2cc(Cl)ccc2O)C(=O)O)cc1. The van der Waals surface area contributed by atoms with E-state index in [-0.39, 0.29) is 12.2 Å². The molecule has 0 aliphatic carbocycles. The maximum Gasteiger partial charge on any atom is 0.311 e. The standard InChI is InChI=1S/C16H15ClO3/c1-10-2-4-11(5-3-10)14(16(19)20)9-12-8-13(17)6-7-15(12)18/h2-8,14,18H,9H2,1H3,(H,19,20). The highest BCUT2D eigenvalue weighted by Crippen LogP contribution is 2.28. The van der Waals surface area contributed by atoms with Gasteiger partial charge >= 0.3 is 5.97 Å². The molecule has 4 heteroatoms. The van der Waals surface area contributed by atoms with Gasteiger partial charge in [-0.1, -0.05) is 41.4 Å². The van der Waals surface area contributed by atoms with Gasteiger partial charge in [-0.3, -0.25) is 4.79 Å². The van der Waals surface area contributed by atoms with Crippen molar-refractivity contribution >= 4 is 17.6 Å². The minimum Gasteiger partial charge on any atom is -0.508 e. The molecule has 0 aromatic heterocycles. The number of carboxylic acid groups (broad SMARTS) is 1. The predicted molar refractivity (Wildman–Crippen MR) is 78.4 cm³/mol. The molecule has 1 unspecified atom stereocenters. The average Bonchev–Trinajstić information content (AvgIpc) is 2.40. The molecule has 0 saturated carbocycles. The molecule has 0 saturated heterocycles. The maximum atomic E-state index is 11.5. The van der Waals surface area contributed by atoms with Crippen LogP contribution in [0.1, 0.15) is 22.6 Å². The van der Waals surface area contributed by atoms with Crippen LogP contribution in [0.3, 0.4) is 0 Å². The molecule has 20 heavy (non-hydrogen) atoms. The quantitative estimate of drug-likeness (QED) is 0.901. The van der Waals surface area contributed by atoms with Crippen molar-refractivity contribution < 1.29 is 15.0 Å². The van der Waals surface area contributed by atoms with Gasteiger partial charge in [0, 0.05) is 5.02 Å².